The zero-order valence-electron chi connectivity index (χ0n) is 29.4. The normalized spacial score (nSPS) is 11.5. The highest BCUT2D eigenvalue weighted by atomic mass is 35.5. The topological polar surface area (TPSA) is 94.5 Å². The van der Waals surface area contributed by atoms with E-state index in [2.05, 4.69) is 14.6 Å². The maximum Gasteiger partial charge on any atom is 0.336 e. The number of likely N-dealkylation sites (N-methyl/N-ethyl adjacent to an activating group) is 1. The number of carbonyl (C=O) groups is 2. The number of aryl methyl sites for hydroxylation is 6. The number of carboxylic acids is 1. The first kappa shape index (κ1) is 35.1. The van der Waals surface area contributed by atoms with Gasteiger partial charge in [-0.3, -0.25) is 9.48 Å². The van der Waals surface area contributed by atoms with Crippen molar-refractivity contribution in [2.45, 2.75) is 47.1 Å². The number of hydrogen-bond donors (Lipinski definition) is 1. The molecule has 0 unspecified atom stereocenters. The van der Waals surface area contributed by atoms with Crippen molar-refractivity contribution < 1.29 is 19.4 Å². The van der Waals surface area contributed by atoms with Crippen LogP contribution in [0.25, 0.3) is 32.9 Å². The molecule has 3 aromatic heterocycles. The average Bonchev–Trinajstić information content (AvgIpc) is 3.69. The van der Waals surface area contributed by atoms with Crippen LogP contribution >= 0.6 is 23.2 Å². The van der Waals surface area contributed by atoms with Crippen LogP contribution in [0.5, 0.6) is 5.75 Å². The first-order chi connectivity index (χ1) is 23.8. The fourth-order valence-corrected chi connectivity index (χ4v) is 7.56. The number of fused-ring (bicyclic) bond motifs is 2. The standard InChI is InChI=1S/C39H41Cl2N5O4/c1-22-19-26(20-23(2)36(22)41)50-18-8-9-27-28-10-12-31(40)35(34-24(3)42-45(7)25(34)4)38(28)46(33(27)21-47)17-16-43(5)32-13-11-30(39(48)49)29-14-15-44(6)37(29)32/h10-15,19-21H,8-9,16-18H2,1-7H3,(H,48,49). The summed E-state index contributed by atoms with van der Waals surface area (Å²) in [4.78, 5) is 27.1. The lowest BCUT2D eigenvalue weighted by atomic mass is 9.98. The summed E-state index contributed by atoms with van der Waals surface area (Å²) >= 11 is 13.4. The fourth-order valence-electron chi connectivity index (χ4n) is 7.20. The van der Waals surface area contributed by atoms with Crippen LogP contribution in [0.3, 0.4) is 0 Å². The number of aldehydes is 1. The van der Waals surface area contributed by atoms with E-state index in [0.29, 0.717) is 48.6 Å². The summed E-state index contributed by atoms with van der Waals surface area (Å²) in [6.07, 6.45) is 4.12. The van der Waals surface area contributed by atoms with Gasteiger partial charge in [0, 0.05) is 73.0 Å². The molecular formula is C39H41Cl2N5O4. The van der Waals surface area contributed by atoms with Gasteiger partial charge < -0.3 is 23.9 Å². The van der Waals surface area contributed by atoms with Crippen LogP contribution in [0.15, 0.2) is 48.7 Å². The highest BCUT2D eigenvalue weighted by molar-refractivity contribution is 6.35. The van der Waals surface area contributed by atoms with Gasteiger partial charge in [-0.15, -0.1) is 0 Å². The second-order valence-corrected chi connectivity index (χ2v) is 13.8. The van der Waals surface area contributed by atoms with Gasteiger partial charge in [0.05, 0.1) is 45.3 Å². The molecule has 9 nitrogen and oxygen atoms in total. The van der Waals surface area contributed by atoms with Crippen LogP contribution in [0.2, 0.25) is 10.0 Å². The Kier molecular flexibility index (Phi) is 9.75. The lowest BCUT2D eigenvalue weighted by molar-refractivity contribution is 0.0699. The van der Waals surface area contributed by atoms with E-state index in [0.717, 1.165) is 78.4 Å². The molecule has 50 heavy (non-hydrogen) atoms. The van der Waals surface area contributed by atoms with Crippen molar-refractivity contribution in [2.75, 3.05) is 25.1 Å². The SMILES string of the molecule is Cc1cc(OCCCc2c(C=O)n(CCN(C)c3ccc(C(=O)O)c4ccn(C)c34)c3c(-c4c(C)nn(C)c4C)c(Cl)ccc23)cc(C)c1Cl. The molecule has 0 spiro atoms. The Balaban J connectivity index is 1.41. The molecule has 0 atom stereocenters. The van der Waals surface area contributed by atoms with E-state index in [4.69, 9.17) is 27.9 Å². The molecule has 1 N–H and O–H groups in total. The summed E-state index contributed by atoms with van der Waals surface area (Å²) in [6, 6.07) is 13.1. The minimum absolute atomic E-state index is 0.258. The molecule has 0 bridgehead atoms. The van der Waals surface area contributed by atoms with Gasteiger partial charge >= 0.3 is 5.97 Å². The Labute approximate surface area is 301 Å². The maximum atomic E-state index is 13.1. The molecule has 0 radical (unpaired) electrons. The molecule has 0 fully saturated rings. The zero-order chi connectivity index (χ0) is 36.0. The lowest BCUT2D eigenvalue weighted by Gasteiger charge is -2.23. The van der Waals surface area contributed by atoms with E-state index in [1.54, 1.807) is 6.07 Å². The predicted molar refractivity (Wildman–Crippen MR) is 202 cm³/mol. The van der Waals surface area contributed by atoms with Crippen LogP contribution < -0.4 is 9.64 Å². The van der Waals surface area contributed by atoms with Crippen molar-refractivity contribution in [1.29, 1.82) is 0 Å². The number of aromatic carboxylic acids is 1. The number of hydrogen-bond acceptors (Lipinski definition) is 5. The van der Waals surface area contributed by atoms with Gasteiger partial charge in [-0.05, 0) is 93.6 Å². The Morgan fingerprint density at radius 2 is 1.70 bits per heavy atom. The first-order valence-electron chi connectivity index (χ1n) is 16.5. The van der Waals surface area contributed by atoms with E-state index >= 15 is 0 Å². The molecule has 260 valence electrons. The van der Waals surface area contributed by atoms with Crippen LogP contribution in [0.4, 0.5) is 5.69 Å². The fraction of sp³-hybridized carbons (Fsp3) is 0.308. The Morgan fingerprint density at radius 3 is 2.34 bits per heavy atom. The molecule has 0 aliphatic heterocycles. The molecule has 11 heteroatoms. The summed E-state index contributed by atoms with van der Waals surface area (Å²) in [5, 5.41) is 17.4. The highest BCUT2D eigenvalue weighted by Gasteiger charge is 2.25. The van der Waals surface area contributed by atoms with Crippen molar-refractivity contribution in [2.24, 2.45) is 14.1 Å². The largest absolute Gasteiger partial charge is 0.494 e. The smallest absolute Gasteiger partial charge is 0.336 e. The first-order valence-corrected chi connectivity index (χ1v) is 17.3. The molecule has 0 saturated heterocycles. The minimum Gasteiger partial charge on any atom is -0.494 e. The average molecular weight is 715 g/mol. The third-order valence-corrected chi connectivity index (χ3v) is 10.7. The van der Waals surface area contributed by atoms with Crippen LogP contribution in [0, 0.1) is 27.7 Å². The molecule has 0 amide bonds. The predicted octanol–water partition coefficient (Wildman–Crippen LogP) is 8.73. The number of benzene rings is 3. The number of nitrogens with zero attached hydrogens (tertiary/aromatic N) is 5. The third kappa shape index (κ3) is 6.13. The van der Waals surface area contributed by atoms with Crippen LogP contribution in [-0.4, -0.2) is 56.5 Å². The number of aromatic nitrogens is 4. The maximum absolute atomic E-state index is 13.1. The molecule has 0 aliphatic rings. The van der Waals surface area contributed by atoms with Crippen molar-refractivity contribution in [3.8, 4) is 16.9 Å². The molecule has 6 rings (SSSR count). The summed E-state index contributed by atoms with van der Waals surface area (Å²) in [5.74, 6) is -0.197. The molecule has 3 heterocycles. The van der Waals surface area contributed by atoms with E-state index in [1.807, 2.05) is 101 Å². The van der Waals surface area contributed by atoms with Gasteiger partial charge in [0.2, 0.25) is 0 Å². The van der Waals surface area contributed by atoms with Gasteiger partial charge in [-0.1, -0.05) is 29.3 Å². The number of rotatable bonds is 12. The summed E-state index contributed by atoms with van der Waals surface area (Å²) < 4.78 is 12.0. The quantitative estimate of drug-likeness (QED) is 0.101. The second-order valence-electron chi connectivity index (χ2n) is 13.0. The summed E-state index contributed by atoms with van der Waals surface area (Å²) in [6.45, 7) is 9.40. The Bertz CT molecular complexity index is 2270. The number of ether oxygens (including phenoxy) is 1. The van der Waals surface area contributed by atoms with Gasteiger partial charge in [-0.2, -0.15) is 5.10 Å². The monoisotopic (exact) mass is 713 g/mol. The van der Waals surface area contributed by atoms with Gasteiger partial charge in [-0.25, -0.2) is 4.79 Å². The summed E-state index contributed by atoms with van der Waals surface area (Å²) in [5.41, 5.74) is 9.97. The van der Waals surface area contributed by atoms with Gasteiger partial charge in [0.15, 0.2) is 6.29 Å². The van der Waals surface area contributed by atoms with E-state index in [1.165, 1.54) is 0 Å². The molecule has 6 aromatic rings. The van der Waals surface area contributed by atoms with Crippen LogP contribution in [0.1, 0.15) is 55.3 Å². The summed E-state index contributed by atoms with van der Waals surface area (Å²) in [7, 11) is 5.81. The number of carboxylic acid groups (broad SMARTS) is 1. The lowest BCUT2D eigenvalue weighted by Crippen LogP contribution is -2.24. The minimum atomic E-state index is -0.966. The number of carbonyl (C=O) groups excluding carboxylic acids is 1. The van der Waals surface area contributed by atoms with Crippen molar-refractivity contribution in [1.82, 2.24) is 18.9 Å². The second kappa shape index (κ2) is 13.9. The highest BCUT2D eigenvalue weighted by Crippen LogP contribution is 2.42. The van der Waals surface area contributed by atoms with E-state index in [-0.39, 0.29) is 5.56 Å². The van der Waals surface area contributed by atoms with Crippen molar-refractivity contribution in [3.05, 3.63) is 98.0 Å². The van der Waals surface area contributed by atoms with Gasteiger partial charge in [0.1, 0.15) is 5.75 Å². The van der Waals surface area contributed by atoms with Crippen LogP contribution in [-0.2, 0) is 27.1 Å². The van der Waals surface area contributed by atoms with Crippen molar-refractivity contribution in [3.63, 3.8) is 0 Å². The third-order valence-electron chi connectivity index (χ3n) is 9.76. The number of halogens is 2. The number of anilines is 1. The Morgan fingerprint density at radius 1 is 0.980 bits per heavy atom. The molecule has 0 saturated carbocycles. The Hall–Kier alpha value is -4.73. The molecular weight excluding hydrogens is 673 g/mol. The van der Waals surface area contributed by atoms with E-state index < -0.39 is 5.97 Å². The molecule has 3 aromatic carbocycles. The molecule has 0 aliphatic carbocycles. The zero-order valence-corrected chi connectivity index (χ0v) is 30.9. The van der Waals surface area contributed by atoms with Crippen molar-refractivity contribution >= 4 is 63.0 Å². The van der Waals surface area contributed by atoms with E-state index in [9.17, 15) is 14.7 Å². The van der Waals surface area contributed by atoms with Gasteiger partial charge in [0.25, 0.3) is 0 Å².